The molecular formula is C17H20ClNO. The van der Waals surface area contributed by atoms with E-state index in [0.717, 1.165) is 12.2 Å². The Morgan fingerprint density at radius 3 is 2.60 bits per heavy atom. The summed E-state index contributed by atoms with van der Waals surface area (Å²) in [6.07, 6.45) is 0.720. The van der Waals surface area contributed by atoms with E-state index >= 15 is 0 Å². The van der Waals surface area contributed by atoms with Crippen LogP contribution in [0, 0.1) is 6.92 Å². The number of ether oxygens (including phenoxy) is 1. The molecule has 0 saturated carbocycles. The Balaban J connectivity index is 1.96. The second-order valence-corrected chi connectivity index (χ2v) is 5.57. The van der Waals surface area contributed by atoms with E-state index in [9.17, 15) is 0 Å². The number of benzene rings is 2. The first-order valence-corrected chi connectivity index (χ1v) is 7.16. The number of nitrogens with two attached hydrogens (primary N) is 1. The molecule has 2 aromatic rings. The summed E-state index contributed by atoms with van der Waals surface area (Å²) >= 11 is 5.94. The highest BCUT2D eigenvalue weighted by Crippen LogP contribution is 2.19. The van der Waals surface area contributed by atoms with Gasteiger partial charge in [-0.1, -0.05) is 47.5 Å². The third-order valence-electron chi connectivity index (χ3n) is 3.27. The topological polar surface area (TPSA) is 35.2 Å². The summed E-state index contributed by atoms with van der Waals surface area (Å²) in [5.41, 5.74) is 8.71. The summed E-state index contributed by atoms with van der Waals surface area (Å²) in [4.78, 5) is 0. The quantitative estimate of drug-likeness (QED) is 0.903. The summed E-state index contributed by atoms with van der Waals surface area (Å²) in [7, 11) is 0. The molecule has 0 fully saturated rings. The van der Waals surface area contributed by atoms with Gasteiger partial charge < -0.3 is 10.5 Å². The zero-order valence-corrected chi connectivity index (χ0v) is 12.6. The minimum atomic E-state index is -0.0750. The van der Waals surface area contributed by atoms with Crippen molar-refractivity contribution in [2.45, 2.75) is 32.4 Å². The van der Waals surface area contributed by atoms with Crippen LogP contribution in [-0.2, 0) is 6.42 Å². The van der Waals surface area contributed by atoms with Crippen molar-refractivity contribution in [3.63, 3.8) is 0 Å². The van der Waals surface area contributed by atoms with Crippen LogP contribution < -0.4 is 10.5 Å². The van der Waals surface area contributed by atoms with Gasteiger partial charge >= 0.3 is 0 Å². The summed E-state index contributed by atoms with van der Waals surface area (Å²) in [6.45, 7) is 4.07. The first-order chi connectivity index (χ1) is 9.54. The van der Waals surface area contributed by atoms with E-state index in [1.54, 1.807) is 6.07 Å². The molecule has 2 nitrogen and oxygen atoms in total. The molecule has 0 amide bonds. The molecule has 0 aliphatic carbocycles. The van der Waals surface area contributed by atoms with Crippen molar-refractivity contribution < 1.29 is 4.74 Å². The van der Waals surface area contributed by atoms with Gasteiger partial charge in [-0.2, -0.15) is 0 Å². The van der Waals surface area contributed by atoms with Crippen LogP contribution in [0.3, 0.4) is 0 Å². The molecule has 0 aliphatic heterocycles. The second-order valence-electron chi connectivity index (χ2n) is 5.14. The van der Waals surface area contributed by atoms with E-state index < -0.39 is 0 Å². The molecule has 0 spiro atoms. The third kappa shape index (κ3) is 4.26. The summed E-state index contributed by atoms with van der Waals surface area (Å²) in [5.74, 6) is 0.754. The Kier molecular flexibility index (Phi) is 5.05. The fourth-order valence-electron chi connectivity index (χ4n) is 2.12. The number of aryl methyl sites for hydroxylation is 1. The molecule has 2 aromatic carbocycles. The predicted molar refractivity (Wildman–Crippen MR) is 84.4 cm³/mol. The Hall–Kier alpha value is -1.51. The van der Waals surface area contributed by atoms with E-state index in [1.165, 1.54) is 11.1 Å². The van der Waals surface area contributed by atoms with Crippen LogP contribution in [0.2, 0.25) is 5.02 Å². The lowest BCUT2D eigenvalue weighted by Crippen LogP contribution is -2.38. The molecule has 20 heavy (non-hydrogen) atoms. The molecule has 0 aliphatic rings. The first kappa shape index (κ1) is 14.9. The Morgan fingerprint density at radius 2 is 1.90 bits per heavy atom. The van der Waals surface area contributed by atoms with Crippen LogP contribution in [0.25, 0.3) is 0 Å². The van der Waals surface area contributed by atoms with Gasteiger partial charge in [0.2, 0.25) is 0 Å². The molecule has 2 rings (SSSR count). The van der Waals surface area contributed by atoms with Crippen LogP contribution in [-0.4, -0.2) is 12.1 Å². The minimum Gasteiger partial charge on any atom is -0.489 e. The highest BCUT2D eigenvalue weighted by atomic mass is 35.5. The lowest BCUT2D eigenvalue weighted by molar-refractivity contribution is 0.189. The highest BCUT2D eigenvalue weighted by Gasteiger charge is 2.15. The van der Waals surface area contributed by atoms with E-state index in [-0.39, 0.29) is 12.1 Å². The fraction of sp³-hybridized carbons (Fsp3) is 0.294. The van der Waals surface area contributed by atoms with Gasteiger partial charge in [0.05, 0.1) is 0 Å². The number of hydrogen-bond acceptors (Lipinski definition) is 2. The minimum absolute atomic E-state index is 0.0595. The molecule has 106 valence electrons. The molecule has 2 unspecified atom stereocenters. The van der Waals surface area contributed by atoms with Crippen LogP contribution in [0.15, 0.2) is 48.5 Å². The highest BCUT2D eigenvalue weighted by molar-refractivity contribution is 6.30. The molecular weight excluding hydrogens is 270 g/mol. The van der Waals surface area contributed by atoms with Crippen molar-refractivity contribution in [2.75, 3.05) is 0 Å². The van der Waals surface area contributed by atoms with Crippen molar-refractivity contribution in [1.29, 1.82) is 0 Å². The van der Waals surface area contributed by atoms with Crippen molar-refractivity contribution in [3.8, 4) is 5.75 Å². The Bertz CT molecular complexity index is 519. The fourth-order valence-corrected chi connectivity index (χ4v) is 2.30. The normalized spacial score (nSPS) is 13.8. The van der Waals surface area contributed by atoms with E-state index in [2.05, 4.69) is 31.2 Å². The van der Waals surface area contributed by atoms with Gasteiger partial charge in [-0.15, -0.1) is 0 Å². The predicted octanol–water partition coefficient (Wildman–Crippen LogP) is 3.99. The SMILES string of the molecule is Cc1cccc(CC(N)C(C)Oc2cccc(Cl)c2)c1. The van der Waals surface area contributed by atoms with Crippen LogP contribution >= 0.6 is 11.6 Å². The lowest BCUT2D eigenvalue weighted by Gasteiger charge is -2.22. The van der Waals surface area contributed by atoms with E-state index in [4.69, 9.17) is 22.1 Å². The summed E-state index contributed by atoms with van der Waals surface area (Å²) in [5, 5.41) is 0.668. The maximum absolute atomic E-state index is 6.23. The van der Waals surface area contributed by atoms with E-state index in [0.29, 0.717) is 5.02 Å². The summed E-state index contributed by atoms with van der Waals surface area (Å²) < 4.78 is 5.85. The van der Waals surface area contributed by atoms with Crippen molar-refractivity contribution in [1.82, 2.24) is 0 Å². The Labute approximate surface area is 125 Å². The largest absolute Gasteiger partial charge is 0.489 e. The zero-order valence-electron chi connectivity index (χ0n) is 11.8. The van der Waals surface area contributed by atoms with Crippen LogP contribution in [0.1, 0.15) is 18.1 Å². The molecule has 2 atom stereocenters. The molecule has 3 heteroatoms. The zero-order chi connectivity index (χ0) is 14.5. The van der Waals surface area contributed by atoms with Gasteiger partial charge in [-0.3, -0.25) is 0 Å². The van der Waals surface area contributed by atoms with Crippen LogP contribution in [0.4, 0.5) is 0 Å². The van der Waals surface area contributed by atoms with Gasteiger partial charge in [-0.25, -0.2) is 0 Å². The van der Waals surface area contributed by atoms with Crippen molar-refractivity contribution in [2.24, 2.45) is 5.73 Å². The monoisotopic (exact) mass is 289 g/mol. The average molecular weight is 290 g/mol. The molecule has 0 aromatic heterocycles. The smallest absolute Gasteiger partial charge is 0.121 e. The van der Waals surface area contributed by atoms with Crippen molar-refractivity contribution in [3.05, 3.63) is 64.7 Å². The lowest BCUT2D eigenvalue weighted by atomic mass is 10.0. The number of rotatable bonds is 5. The average Bonchev–Trinajstić information content (AvgIpc) is 2.38. The summed E-state index contributed by atoms with van der Waals surface area (Å²) in [6, 6.07) is 15.7. The maximum Gasteiger partial charge on any atom is 0.121 e. The van der Waals surface area contributed by atoms with Gasteiger partial charge in [0.1, 0.15) is 11.9 Å². The molecule has 2 N–H and O–H groups in total. The van der Waals surface area contributed by atoms with Gasteiger partial charge in [0.15, 0.2) is 0 Å². The number of halogens is 1. The third-order valence-corrected chi connectivity index (χ3v) is 3.51. The van der Waals surface area contributed by atoms with Crippen LogP contribution in [0.5, 0.6) is 5.75 Å². The molecule has 0 saturated heterocycles. The number of hydrogen-bond donors (Lipinski definition) is 1. The first-order valence-electron chi connectivity index (χ1n) is 6.78. The van der Waals surface area contributed by atoms with Gasteiger partial charge in [0.25, 0.3) is 0 Å². The van der Waals surface area contributed by atoms with Crippen molar-refractivity contribution >= 4 is 11.6 Å². The molecule has 0 heterocycles. The van der Waals surface area contributed by atoms with E-state index in [1.807, 2.05) is 25.1 Å². The molecule has 0 radical (unpaired) electrons. The molecule has 0 bridgehead atoms. The van der Waals surface area contributed by atoms with Gasteiger partial charge in [0, 0.05) is 11.1 Å². The second kappa shape index (κ2) is 6.78. The standard InChI is InChI=1S/C17H20ClNO/c1-12-5-3-6-14(9-12)10-17(19)13(2)20-16-8-4-7-15(18)11-16/h3-9,11,13,17H,10,19H2,1-2H3. The maximum atomic E-state index is 6.23. The van der Waals surface area contributed by atoms with Gasteiger partial charge in [-0.05, 0) is 44.0 Å². The Morgan fingerprint density at radius 1 is 1.15 bits per heavy atom.